The SMILES string of the molecule is CNC(Cc1ccccc1C)c1ncn[nH]1. The van der Waals surface area contributed by atoms with E-state index in [9.17, 15) is 0 Å². The van der Waals surface area contributed by atoms with Gasteiger partial charge in [-0.3, -0.25) is 5.10 Å². The maximum atomic E-state index is 4.18. The molecule has 0 fully saturated rings. The zero-order valence-corrected chi connectivity index (χ0v) is 9.57. The molecule has 2 aromatic rings. The molecule has 1 heterocycles. The van der Waals surface area contributed by atoms with Crippen LogP contribution in [0.3, 0.4) is 0 Å². The van der Waals surface area contributed by atoms with Crippen LogP contribution in [0.2, 0.25) is 0 Å². The molecule has 0 aliphatic heterocycles. The van der Waals surface area contributed by atoms with E-state index < -0.39 is 0 Å². The van der Waals surface area contributed by atoms with Crippen molar-refractivity contribution in [2.45, 2.75) is 19.4 Å². The van der Waals surface area contributed by atoms with Gasteiger partial charge in [0.1, 0.15) is 12.2 Å². The van der Waals surface area contributed by atoms with Gasteiger partial charge in [0.05, 0.1) is 6.04 Å². The van der Waals surface area contributed by atoms with E-state index in [1.807, 2.05) is 7.05 Å². The zero-order valence-electron chi connectivity index (χ0n) is 9.57. The molecule has 2 rings (SSSR count). The Labute approximate surface area is 95.1 Å². The van der Waals surface area contributed by atoms with Gasteiger partial charge in [-0.05, 0) is 31.5 Å². The lowest BCUT2D eigenvalue weighted by atomic mass is 10.0. The van der Waals surface area contributed by atoms with Crippen LogP contribution in [-0.2, 0) is 6.42 Å². The highest BCUT2D eigenvalue weighted by atomic mass is 15.2. The standard InChI is InChI=1S/C12H16N4/c1-9-5-3-4-6-10(9)7-11(13-2)12-14-8-15-16-12/h3-6,8,11,13H,7H2,1-2H3,(H,14,15,16). The van der Waals surface area contributed by atoms with Crippen molar-refractivity contribution in [3.63, 3.8) is 0 Å². The Kier molecular flexibility index (Phi) is 3.31. The molecule has 0 saturated heterocycles. The molecule has 0 radical (unpaired) electrons. The van der Waals surface area contributed by atoms with Crippen LogP contribution >= 0.6 is 0 Å². The minimum Gasteiger partial charge on any atom is -0.310 e. The van der Waals surface area contributed by atoms with Gasteiger partial charge in [0.2, 0.25) is 0 Å². The molecule has 1 atom stereocenters. The first kappa shape index (κ1) is 10.8. The van der Waals surface area contributed by atoms with Gasteiger partial charge in [-0.15, -0.1) is 0 Å². The summed E-state index contributed by atoms with van der Waals surface area (Å²) in [5, 5.41) is 10.0. The number of nitrogens with zero attached hydrogens (tertiary/aromatic N) is 2. The Morgan fingerprint density at radius 1 is 1.38 bits per heavy atom. The van der Waals surface area contributed by atoms with Crippen LogP contribution in [0.5, 0.6) is 0 Å². The number of hydrogen-bond acceptors (Lipinski definition) is 3. The number of benzene rings is 1. The lowest BCUT2D eigenvalue weighted by Gasteiger charge is -2.14. The van der Waals surface area contributed by atoms with E-state index in [1.54, 1.807) is 0 Å². The molecule has 4 nitrogen and oxygen atoms in total. The van der Waals surface area contributed by atoms with E-state index in [1.165, 1.54) is 17.5 Å². The topological polar surface area (TPSA) is 53.6 Å². The highest BCUT2D eigenvalue weighted by molar-refractivity contribution is 5.26. The first-order chi connectivity index (χ1) is 7.81. The summed E-state index contributed by atoms with van der Waals surface area (Å²) in [4.78, 5) is 4.18. The smallest absolute Gasteiger partial charge is 0.141 e. The maximum Gasteiger partial charge on any atom is 0.141 e. The van der Waals surface area contributed by atoms with Gasteiger partial charge in [-0.1, -0.05) is 24.3 Å². The summed E-state index contributed by atoms with van der Waals surface area (Å²) in [6, 6.07) is 8.58. The fraction of sp³-hybridized carbons (Fsp3) is 0.333. The Balaban J connectivity index is 2.17. The number of rotatable bonds is 4. The first-order valence-electron chi connectivity index (χ1n) is 5.38. The molecule has 0 aliphatic carbocycles. The van der Waals surface area contributed by atoms with Gasteiger partial charge in [0.15, 0.2) is 0 Å². The minimum absolute atomic E-state index is 0.184. The van der Waals surface area contributed by atoms with E-state index in [4.69, 9.17) is 0 Å². The number of aryl methyl sites for hydroxylation is 1. The highest BCUT2D eigenvalue weighted by Crippen LogP contribution is 2.16. The Bertz CT molecular complexity index is 436. The van der Waals surface area contributed by atoms with E-state index in [-0.39, 0.29) is 6.04 Å². The van der Waals surface area contributed by atoms with Crippen molar-refractivity contribution in [1.29, 1.82) is 0 Å². The Morgan fingerprint density at radius 3 is 2.81 bits per heavy atom. The molecule has 84 valence electrons. The van der Waals surface area contributed by atoms with Crippen molar-refractivity contribution >= 4 is 0 Å². The van der Waals surface area contributed by atoms with Crippen LogP contribution in [0.4, 0.5) is 0 Å². The van der Waals surface area contributed by atoms with Crippen LogP contribution in [-0.4, -0.2) is 22.2 Å². The van der Waals surface area contributed by atoms with Gasteiger partial charge >= 0.3 is 0 Å². The third-order valence-corrected chi connectivity index (χ3v) is 2.80. The molecule has 1 unspecified atom stereocenters. The summed E-state index contributed by atoms with van der Waals surface area (Å²) in [6.45, 7) is 2.13. The zero-order chi connectivity index (χ0) is 11.4. The predicted molar refractivity (Wildman–Crippen MR) is 63.1 cm³/mol. The monoisotopic (exact) mass is 216 g/mol. The molecule has 0 bridgehead atoms. The molecular formula is C12H16N4. The maximum absolute atomic E-state index is 4.18. The lowest BCUT2D eigenvalue weighted by Crippen LogP contribution is -2.20. The predicted octanol–water partition coefficient (Wildman–Crippen LogP) is 1.62. The number of H-pyrrole nitrogens is 1. The van der Waals surface area contributed by atoms with Crippen LogP contribution in [0, 0.1) is 6.92 Å². The number of nitrogens with one attached hydrogen (secondary N) is 2. The third kappa shape index (κ3) is 2.28. The quantitative estimate of drug-likeness (QED) is 0.816. The molecule has 16 heavy (non-hydrogen) atoms. The average Bonchev–Trinajstić information content (AvgIpc) is 2.81. The summed E-state index contributed by atoms with van der Waals surface area (Å²) in [6.07, 6.45) is 2.45. The summed E-state index contributed by atoms with van der Waals surface area (Å²) in [5.41, 5.74) is 2.64. The number of aromatic nitrogens is 3. The van der Waals surface area contributed by atoms with Crippen molar-refractivity contribution in [1.82, 2.24) is 20.5 Å². The minimum atomic E-state index is 0.184. The average molecular weight is 216 g/mol. The number of aromatic amines is 1. The summed E-state index contributed by atoms with van der Waals surface area (Å²) in [7, 11) is 1.94. The second-order valence-corrected chi connectivity index (χ2v) is 3.84. The first-order valence-corrected chi connectivity index (χ1v) is 5.38. The van der Waals surface area contributed by atoms with E-state index >= 15 is 0 Å². The molecule has 0 saturated carbocycles. The molecule has 2 N–H and O–H groups in total. The molecule has 0 spiro atoms. The molecule has 0 aliphatic rings. The third-order valence-electron chi connectivity index (χ3n) is 2.80. The molecule has 1 aromatic carbocycles. The van der Waals surface area contributed by atoms with E-state index in [0.29, 0.717) is 0 Å². The van der Waals surface area contributed by atoms with Crippen molar-refractivity contribution in [3.05, 3.63) is 47.5 Å². The molecule has 4 heteroatoms. The normalized spacial score (nSPS) is 12.6. The van der Waals surface area contributed by atoms with Gasteiger partial charge in [-0.25, -0.2) is 4.98 Å². The van der Waals surface area contributed by atoms with Crippen molar-refractivity contribution in [2.75, 3.05) is 7.05 Å². The van der Waals surface area contributed by atoms with Gasteiger partial charge in [-0.2, -0.15) is 5.10 Å². The second kappa shape index (κ2) is 4.90. The molecule has 1 aromatic heterocycles. The van der Waals surface area contributed by atoms with Crippen molar-refractivity contribution < 1.29 is 0 Å². The van der Waals surface area contributed by atoms with Crippen LogP contribution in [0.15, 0.2) is 30.6 Å². The van der Waals surface area contributed by atoms with E-state index in [0.717, 1.165) is 12.2 Å². The van der Waals surface area contributed by atoms with Crippen molar-refractivity contribution in [3.8, 4) is 0 Å². The lowest BCUT2D eigenvalue weighted by molar-refractivity contribution is 0.558. The molecular weight excluding hydrogens is 200 g/mol. The van der Waals surface area contributed by atoms with E-state index in [2.05, 4.69) is 51.7 Å². The highest BCUT2D eigenvalue weighted by Gasteiger charge is 2.13. The van der Waals surface area contributed by atoms with Crippen molar-refractivity contribution in [2.24, 2.45) is 0 Å². The summed E-state index contributed by atoms with van der Waals surface area (Å²) in [5.74, 6) is 0.880. The van der Waals surface area contributed by atoms with Crippen LogP contribution < -0.4 is 5.32 Å². The fourth-order valence-corrected chi connectivity index (χ4v) is 1.78. The second-order valence-electron chi connectivity index (χ2n) is 3.84. The Morgan fingerprint density at radius 2 is 2.19 bits per heavy atom. The van der Waals surface area contributed by atoms with Gasteiger partial charge < -0.3 is 5.32 Å². The van der Waals surface area contributed by atoms with Crippen LogP contribution in [0.1, 0.15) is 23.0 Å². The Hall–Kier alpha value is -1.68. The number of hydrogen-bond donors (Lipinski definition) is 2. The summed E-state index contributed by atoms with van der Waals surface area (Å²) < 4.78 is 0. The summed E-state index contributed by atoms with van der Waals surface area (Å²) >= 11 is 0. The van der Waals surface area contributed by atoms with Crippen LogP contribution in [0.25, 0.3) is 0 Å². The molecule has 0 amide bonds. The van der Waals surface area contributed by atoms with Gasteiger partial charge in [0.25, 0.3) is 0 Å². The number of likely N-dealkylation sites (N-methyl/N-ethyl adjacent to an activating group) is 1. The fourth-order valence-electron chi connectivity index (χ4n) is 1.78. The van der Waals surface area contributed by atoms with Gasteiger partial charge in [0, 0.05) is 0 Å². The largest absolute Gasteiger partial charge is 0.310 e.